The van der Waals surface area contributed by atoms with Crippen molar-refractivity contribution in [2.45, 2.75) is 38.0 Å². The number of halogens is 2. The molecule has 1 heterocycles. The average Bonchev–Trinajstić information content (AvgIpc) is 3.15. The van der Waals surface area contributed by atoms with Gasteiger partial charge in [-0.3, -0.25) is 19.1 Å². The molecule has 3 amide bonds. The number of para-hydroxylation sites is 1. The highest BCUT2D eigenvalue weighted by Gasteiger charge is 2.35. The van der Waals surface area contributed by atoms with Crippen LogP contribution in [0.5, 0.6) is 0 Å². The molecule has 4 rings (SSSR count). The van der Waals surface area contributed by atoms with E-state index in [0.717, 1.165) is 0 Å². The largest absolute Gasteiger partial charge is 0.364 e. The van der Waals surface area contributed by atoms with Crippen molar-refractivity contribution in [1.29, 1.82) is 0 Å². The highest BCUT2D eigenvalue weighted by molar-refractivity contribution is 6.30. The molecule has 2 aromatic carbocycles. The van der Waals surface area contributed by atoms with E-state index in [1.165, 1.54) is 21.7 Å². The predicted octanol–water partition coefficient (Wildman–Crippen LogP) is 1.56. The first-order valence-electron chi connectivity index (χ1n) is 10.7. The van der Waals surface area contributed by atoms with Gasteiger partial charge in [-0.1, -0.05) is 41.9 Å². The Morgan fingerprint density at radius 2 is 1.91 bits per heavy atom. The smallest absolute Gasteiger partial charge is 0.269 e. The van der Waals surface area contributed by atoms with Gasteiger partial charge in [0.15, 0.2) is 5.69 Å². The third kappa shape index (κ3) is 4.87. The summed E-state index contributed by atoms with van der Waals surface area (Å²) in [4.78, 5) is 39.1. The maximum absolute atomic E-state index is 14.1. The Kier molecular flexibility index (Phi) is 6.80. The van der Waals surface area contributed by atoms with Crippen LogP contribution in [0.3, 0.4) is 0 Å². The van der Waals surface area contributed by atoms with Crippen LogP contribution in [-0.2, 0) is 22.7 Å². The molecule has 5 N–H and O–H groups in total. The van der Waals surface area contributed by atoms with E-state index in [4.69, 9.17) is 23.1 Å². The molecule has 0 radical (unpaired) electrons. The Labute approximate surface area is 199 Å². The lowest BCUT2D eigenvalue weighted by Gasteiger charge is -2.41. The second-order valence-corrected chi connectivity index (χ2v) is 8.69. The first-order valence-corrected chi connectivity index (χ1v) is 11.1. The number of primary amides is 1. The molecule has 178 valence electrons. The number of hydrogen-bond donors (Lipinski definition) is 3. The van der Waals surface area contributed by atoms with Gasteiger partial charge in [-0.25, -0.2) is 4.39 Å². The molecule has 0 atom stereocenters. The maximum Gasteiger partial charge on any atom is 0.269 e. The number of carbonyl (C=O) groups excluding carboxylic acids is 3. The monoisotopic (exact) mass is 486 g/mol. The number of nitrogens with zero attached hydrogens (tertiary/aromatic N) is 3. The minimum absolute atomic E-state index is 0.0335. The molecule has 1 saturated carbocycles. The first kappa shape index (κ1) is 23.7. The van der Waals surface area contributed by atoms with Crippen molar-refractivity contribution in [2.75, 3.05) is 6.54 Å². The molecule has 9 nitrogen and oxygen atoms in total. The van der Waals surface area contributed by atoms with Crippen LogP contribution < -0.4 is 16.8 Å². The predicted molar refractivity (Wildman–Crippen MR) is 124 cm³/mol. The number of amides is 3. The second-order valence-electron chi connectivity index (χ2n) is 8.28. The van der Waals surface area contributed by atoms with Gasteiger partial charge in [0.2, 0.25) is 11.8 Å². The summed E-state index contributed by atoms with van der Waals surface area (Å²) in [5, 5.41) is 7.36. The Hall–Kier alpha value is -3.50. The van der Waals surface area contributed by atoms with E-state index in [1.807, 2.05) is 0 Å². The van der Waals surface area contributed by atoms with Crippen molar-refractivity contribution in [3.8, 4) is 0 Å². The molecular formula is C23H24ClFN6O3. The van der Waals surface area contributed by atoms with Crippen LogP contribution in [0.1, 0.15) is 28.9 Å². The third-order valence-electron chi connectivity index (χ3n) is 5.91. The summed E-state index contributed by atoms with van der Waals surface area (Å²) in [5.41, 5.74) is 12.2. The molecular weight excluding hydrogens is 463 g/mol. The fourth-order valence-electron chi connectivity index (χ4n) is 4.04. The number of benzene rings is 2. The summed E-state index contributed by atoms with van der Waals surface area (Å²) in [7, 11) is 0. The molecule has 1 aliphatic carbocycles. The zero-order valence-corrected chi connectivity index (χ0v) is 19.0. The van der Waals surface area contributed by atoms with Crippen molar-refractivity contribution in [1.82, 2.24) is 20.0 Å². The lowest BCUT2D eigenvalue weighted by atomic mass is 9.86. The minimum Gasteiger partial charge on any atom is -0.364 e. The van der Waals surface area contributed by atoms with Gasteiger partial charge in [0.25, 0.3) is 5.91 Å². The summed E-state index contributed by atoms with van der Waals surface area (Å²) in [6.45, 7) is -0.473. The van der Waals surface area contributed by atoms with Crippen molar-refractivity contribution in [2.24, 2.45) is 11.5 Å². The first-order chi connectivity index (χ1) is 16.2. The van der Waals surface area contributed by atoms with E-state index >= 15 is 0 Å². The van der Waals surface area contributed by atoms with Gasteiger partial charge in [0.1, 0.15) is 12.4 Å². The molecule has 0 bridgehead atoms. The van der Waals surface area contributed by atoms with E-state index in [1.54, 1.807) is 30.3 Å². The van der Waals surface area contributed by atoms with Gasteiger partial charge in [-0.15, -0.1) is 0 Å². The molecule has 1 aromatic heterocycles. The second kappa shape index (κ2) is 9.78. The van der Waals surface area contributed by atoms with Gasteiger partial charge in [0, 0.05) is 29.6 Å². The van der Waals surface area contributed by atoms with Crippen LogP contribution in [0.15, 0.2) is 42.5 Å². The van der Waals surface area contributed by atoms with Gasteiger partial charge < -0.3 is 21.7 Å². The number of aromatic nitrogens is 2. The lowest BCUT2D eigenvalue weighted by molar-refractivity contribution is -0.141. The zero-order chi connectivity index (χ0) is 24.4. The summed E-state index contributed by atoms with van der Waals surface area (Å²) in [5.74, 6) is -2.10. The standard InChI is InChI=1S/C23H24ClFN6O3/c24-17-6-3-4-13(21(17)25)10-28-19(32)11-30(15-8-14(26)9-15)20(33)12-31-18-7-2-1-5-16(18)22(29-31)23(27)34/h1-7,14-15H,8-12,26H2,(H2,27,34)(H,28,32)/t14-,15-. The van der Waals surface area contributed by atoms with Crippen LogP contribution in [0, 0.1) is 5.82 Å². The van der Waals surface area contributed by atoms with Gasteiger partial charge in [-0.05, 0) is 25.0 Å². The maximum atomic E-state index is 14.1. The van der Waals surface area contributed by atoms with Crippen molar-refractivity contribution < 1.29 is 18.8 Å². The summed E-state index contributed by atoms with van der Waals surface area (Å²) in [6, 6.07) is 11.2. The molecule has 11 heteroatoms. The van der Waals surface area contributed by atoms with Crippen LogP contribution in [0.4, 0.5) is 4.39 Å². The fraction of sp³-hybridized carbons (Fsp3) is 0.304. The Balaban J connectivity index is 1.49. The lowest BCUT2D eigenvalue weighted by Crippen LogP contribution is -2.55. The van der Waals surface area contributed by atoms with E-state index in [2.05, 4.69) is 10.4 Å². The SMILES string of the molecule is NC(=O)c1nn(CC(=O)N(CC(=O)NCc2cccc(Cl)c2F)[C@H]2C[C@H](N)C2)c2ccccc12. The van der Waals surface area contributed by atoms with Gasteiger partial charge in [0.05, 0.1) is 17.1 Å². The quantitative estimate of drug-likeness (QED) is 0.444. The Morgan fingerprint density at radius 1 is 1.18 bits per heavy atom. The number of rotatable bonds is 8. The normalized spacial score (nSPS) is 17.3. The fourth-order valence-corrected chi connectivity index (χ4v) is 4.24. The molecule has 0 aliphatic heterocycles. The molecule has 1 aliphatic rings. The van der Waals surface area contributed by atoms with Crippen LogP contribution in [-0.4, -0.2) is 51.0 Å². The van der Waals surface area contributed by atoms with Crippen molar-refractivity contribution in [3.05, 3.63) is 64.6 Å². The third-order valence-corrected chi connectivity index (χ3v) is 6.20. The highest BCUT2D eigenvalue weighted by Crippen LogP contribution is 2.25. The number of fused-ring (bicyclic) bond motifs is 1. The Morgan fingerprint density at radius 3 is 2.62 bits per heavy atom. The van der Waals surface area contributed by atoms with Crippen LogP contribution in [0.25, 0.3) is 10.9 Å². The highest BCUT2D eigenvalue weighted by atomic mass is 35.5. The van der Waals surface area contributed by atoms with E-state index in [9.17, 15) is 18.8 Å². The number of nitrogens with one attached hydrogen (secondary N) is 1. The van der Waals surface area contributed by atoms with E-state index < -0.39 is 17.6 Å². The average molecular weight is 487 g/mol. The molecule has 1 fully saturated rings. The van der Waals surface area contributed by atoms with Gasteiger partial charge in [-0.2, -0.15) is 5.10 Å². The summed E-state index contributed by atoms with van der Waals surface area (Å²) in [6.07, 6.45) is 1.13. The van der Waals surface area contributed by atoms with E-state index in [-0.39, 0.29) is 53.9 Å². The number of hydrogen-bond acceptors (Lipinski definition) is 5. The summed E-state index contributed by atoms with van der Waals surface area (Å²) >= 11 is 5.79. The molecule has 0 unspecified atom stereocenters. The minimum atomic E-state index is -0.697. The van der Waals surface area contributed by atoms with Crippen LogP contribution >= 0.6 is 11.6 Å². The van der Waals surface area contributed by atoms with Crippen molar-refractivity contribution >= 4 is 40.2 Å². The number of nitrogens with two attached hydrogens (primary N) is 2. The topological polar surface area (TPSA) is 136 Å². The van der Waals surface area contributed by atoms with Crippen LogP contribution in [0.2, 0.25) is 5.02 Å². The zero-order valence-electron chi connectivity index (χ0n) is 18.2. The van der Waals surface area contributed by atoms with Gasteiger partial charge >= 0.3 is 0 Å². The van der Waals surface area contributed by atoms with Crippen molar-refractivity contribution in [3.63, 3.8) is 0 Å². The summed E-state index contributed by atoms with van der Waals surface area (Å²) < 4.78 is 15.5. The molecule has 0 spiro atoms. The molecule has 0 saturated heterocycles. The Bertz CT molecular complexity index is 1260. The number of carbonyl (C=O) groups is 3. The molecule has 34 heavy (non-hydrogen) atoms. The molecule has 3 aromatic rings. The van der Waals surface area contributed by atoms with E-state index in [0.29, 0.717) is 23.7 Å².